The molecule has 1 atom stereocenters. The van der Waals surface area contributed by atoms with Gasteiger partial charge in [0.2, 0.25) is 0 Å². The molecule has 1 aromatic heterocycles. The Hall–Kier alpha value is -3.58. The summed E-state index contributed by atoms with van der Waals surface area (Å²) in [7, 11) is 1.51. The number of Topliss-reactive ketones (excluding diaryl/α,β-unsaturated/α-hetero) is 1. The third kappa shape index (κ3) is 4.36. The highest BCUT2D eigenvalue weighted by atomic mass is 32.1. The molecule has 1 fully saturated rings. The zero-order valence-electron chi connectivity index (χ0n) is 18.6. The van der Waals surface area contributed by atoms with Crippen molar-refractivity contribution < 1.29 is 24.2 Å². The number of benzene rings is 2. The van der Waals surface area contributed by atoms with Crippen LogP contribution in [0.3, 0.4) is 0 Å². The summed E-state index contributed by atoms with van der Waals surface area (Å²) >= 11 is 1.41. The van der Waals surface area contributed by atoms with Crippen LogP contribution in [-0.4, -0.2) is 30.5 Å². The third-order valence-electron chi connectivity index (χ3n) is 5.29. The number of amides is 1. The summed E-state index contributed by atoms with van der Waals surface area (Å²) in [5.41, 5.74) is 0.916. The maximum absolute atomic E-state index is 13.2. The van der Waals surface area contributed by atoms with Gasteiger partial charge in [-0.2, -0.15) is 0 Å². The number of methoxy groups -OCH3 is 1. The molecule has 7 heteroatoms. The Labute approximate surface area is 196 Å². The molecule has 0 bridgehead atoms. The Bertz CT molecular complexity index is 1200. The largest absolute Gasteiger partial charge is 0.507 e. The molecule has 1 unspecified atom stereocenters. The second-order valence-electron chi connectivity index (χ2n) is 8.09. The van der Waals surface area contributed by atoms with Crippen molar-refractivity contribution in [2.45, 2.75) is 19.9 Å². The van der Waals surface area contributed by atoms with Crippen LogP contribution < -0.4 is 14.4 Å². The first-order chi connectivity index (χ1) is 15.9. The smallest absolute Gasteiger partial charge is 0.300 e. The molecule has 33 heavy (non-hydrogen) atoms. The van der Waals surface area contributed by atoms with E-state index in [-0.39, 0.29) is 11.3 Å². The standard InChI is InChI=1S/C26H25NO5S/c1-16(2)15-32-18-9-6-8-17(14-18)24(28)22-23(21-12-7-13-33-21)27(26(30)25(22)29)19-10-4-5-11-20(19)31-3/h4-14,16,23,28H,15H2,1-3H3/b24-22-. The quantitative estimate of drug-likeness (QED) is 0.288. The molecule has 1 saturated heterocycles. The van der Waals surface area contributed by atoms with Gasteiger partial charge >= 0.3 is 0 Å². The maximum Gasteiger partial charge on any atom is 0.300 e. The van der Waals surface area contributed by atoms with Gasteiger partial charge in [-0.05, 0) is 41.6 Å². The number of anilines is 1. The van der Waals surface area contributed by atoms with Gasteiger partial charge in [-0.3, -0.25) is 14.5 Å². The first kappa shape index (κ1) is 22.6. The first-order valence-electron chi connectivity index (χ1n) is 10.6. The molecular formula is C26H25NO5S. The minimum Gasteiger partial charge on any atom is -0.507 e. The van der Waals surface area contributed by atoms with Gasteiger partial charge in [0.05, 0.1) is 25.0 Å². The molecule has 0 spiro atoms. The molecule has 0 aliphatic carbocycles. The molecule has 0 radical (unpaired) electrons. The van der Waals surface area contributed by atoms with Gasteiger partial charge in [0, 0.05) is 10.4 Å². The van der Waals surface area contributed by atoms with Crippen LogP contribution >= 0.6 is 11.3 Å². The average molecular weight is 464 g/mol. The minimum absolute atomic E-state index is 0.0364. The van der Waals surface area contributed by atoms with Crippen molar-refractivity contribution in [3.05, 3.63) is 82.1 Å². The highest BCUT2D eigenvalue weighted by Gasteiger charge is 2.48. The van der Waals surface area contributed by atoms with Gasteiger partial charge in [-0.15, -0.1) is 11.3 Å². The number of aliphatic hydroxyl groups excluding tert-OH is 1. The van der Waals surface area contributed by atoms with E-state index in [4.69, 9.17) is 9.47 Å². The molecule has 4 rings (SSSR count). The van der Waals surface area contributed by atoms with E-state index in [9.17, 15) is 14.7 Å². The van der Waals surface area contributed by atoms with Crippen LogP contribution in [0.2, 0.25) is 0 Å². The van der Waals surface area contributed by atoms with E-state index in [1.54, 1.807) is 48.5 Å². The van der Waals surface area contributed by atoms with Crippen molar-refractivity contribution in [3.8, 4) is 11.5 Å². The van der Waals surface area contributed by atoms with Gasteiger partial charge in [0.15, 0.2) is 0 Å². The predicted octanol–water partition coefficient (Wildman–Crippen LogP) is 5.42. The Morgan fingerprint density at radius 3 is 2.58 bits per heavy atom. The van der Waals surface area contributed by atoms with Crippen LogP contribution in [0.15, 0.2) is 71.6 Å². The number of thiophene rings is 1. The number of carbonyl (C=O) groups excluding carboxylic acids is 2. The summed E-state index contributed by atoms with van der Waals surface area (Å²) in [4.78, 5) is 28.6. The van der Waals surface area contributed by atoms with Crippen molar-refractivity contribution in [1.82, 2.24) is 0 Å². The zero-order chi connectivity index (χ0) is 23.5. The topological polar surface area (TPSA) is 76.1 Å². The number of rotatable bonds is 7. The fraction of sp³-hybridized carbons (Fsp3) is 0.231. The van der Waals surface area contributed by atoms with E-state index in [0.29, 0.717) is 35.3 Å². The highest BCUT2D eigenvalue weighted by molar-refractivity contribution is 7.10. The van der Waals surface area contributed by atoms with E-state index in [2.05, 4.69) is 0 Å². The molecule has 2 aromatic carbocycles. The molecule has 1 amide bonds. The number of nitrogens with zero attached hydrogens (tertiary/aromatic N) is 1. The first-order valence-corrected chi connectivity index (χ1v) is 11.5. The predicted molar refractivity (Wildman–Crippen MR) is 129 cm³/mol. The average Bonchev–Trinajstić information content (AvgIpc) is 3.44. The third-order valence-corrected chi connectivity index (χ3v) is 6.22. The van der Waals surface area contributed by atoms with Gasteiger partial charge < -0.3 is 14.6 Å². The van der Waals surface area contributed by atoms with Crippen molar-refractivity contribution in [1.29, 1.82) is 0 Å². The number of hydrogen-bond donors (Lipinski definition) is 1. The summed E-state index contributed by atoms with van der Waals surface area (Å²) in [6.07, 6.45) is 0. The number of aliphatic hydroxyl groups is 1. The van der Waals surface area contributed by atoms with Crippen LogP contribution in [0.1, 0.15) is 30.3 Å². The number of para-hydroxylation sites is 2. The summed E-state index contributed by atoms with van der Waals surface area (Å²) in [6, 6.07) is 16.9. The molecular weight excluding hydrogens is 438 g/mol. The van der Waals surface area contributed by atoms with E-state index < -0.39 is 17.7 Å². The van der Waals surface area contributed by atoms with Gasteiger partial charge in [0.25, 0.3) is 11.7 Å². The van der Waals surface area contributed by atoms with Crippen molar-refractivity contribution in [3.63, 3.8) is 0 Å². The molecule has 1 aliphatic rings. The summed E-state index contributed by atoms with van der Waals surface area (Å²) < 4.78 is 11.2. The lowest BCUT2D eigenvalue weighted by Crippen LogP contribution is -2.29. The minimum atomic E-state index is -0.776. The molecule has 0 saturated carbocycles. The Balaban J connectivity index is 1.85. The number of carbonyl (C=O) groups is 2. The van der Waals surface area contributed by atoms with Crippen LogP contribution in [-0.2, 0) is 9.59 Å². The van der Waals surface area contributed by atoms with Crippen LogP contribution in [0.5, 0.6) is 11.5 Å². The number of ether oxygens (including phenoxy) is 2. The molecule has 2 heterocycles. The summed E-state index contributed by atoms with van der Waals surface area (Å²) in [5.74, 6) is -0.312. The summed E-state index contributed by atoms with van der Waals surface area (Å²) in [5, 5.41) is 13.1. The Morgan fingerprint density at radius 2 is 1.88 bits per heavy atom. The van der Waals surface area contributed by atoms with Crippen molar-refractivity contribution in [2.75, 3.05) is 18.6 Å². The van der Waals surface area contributed by atoms with Crippen molar-refractivity contribution in [2.24, 2.45) is 5.92 Å². The van der Waals surface area contributed by atoms with E-state index in [1.165, 1.54) is 23.3 Å². The second-order valence-corrected chi connectivity index (χ2v) is 9.07. The van der Waals surface area contributed by atoms with E-state index in [0.717, 1.165) is 4.88 Å². The maximum atomic E-state index is 13.2. The lowest BCUT2D eigenvalue weighted by Gasteiger charge is -2.25. The van der Waals surface area contributed by atoms with E-state index >= 15 is 0 Å². The lowest BCUT2D eigenvalue weighted by atomic mass is 9.99. The molecule has 3 aromatic rings. The second kappa shape index (κ2) is 9.50. The highest BCUT2D eigenvalue weighted by Crippen LogP contribution is 2.46. The normalized spacial score (nSPS) is 17.6. The Kier molecular flexibility index (Phi) is 6.51. The van der Waals surface area contributed by atoms with Crippen molar-refractivity contribution >= 4 is 34.5 Å². The molecule has 1 N–H and O–H groups in total. The summed E-state index contributed by atoms with van der Waals surface area (Å²) in [6.45, 7) is 4.62. The van der Waals surface area contributed by atoms with Crippen LogP contribution in [0, 0.1) is 5.92 Å². The fourth-order valence-electron chi connectivity index (χ4n) is 3.78. The van der Waals surface area contributed by atoms with E-state index in [1.807, 2.05) is 31.4 Å². The van der Waals surface area contributed by atoms with Gasteiger partial charge in [0.1, 0.15) is 23.3 Å². The van der Waals surface area contributed by atoms with Crippen LogP contribution in [0.4, 0.5) is 5.69 Å². The lowest BCUT2D eigenvalue weighted by molar-refractivity contribution is -0.132. The molecule has 6 nitrogen and oxygen atoms in total. The SMILES string of the molecule is COc1ccccc1N1C(=O)C(=O)/C(=C(\O)c2cccc(OCC(C)C)c2)C1c1cccs1. The number of hydrogen-bond acceptors (Lipinski definition) is 6. The molecule has 1 aliphatic heterocycles. The Morgan fingerprint density at radius 1 is 1.09 bits per heavy atom. The monoisotopic (exact) mass is 463 g/mol. The van der Waals surface area contributed by atoms with Crippen LogP contribution in [0.25, 0.3) is 5.76 Å². The van der Waals surface area contributed by atoms with Gasteiger partial charge in [-0.1, -0.05) is 44.2 Å². The fourth-order valence-corrected chi connectivity index (χ4v) is 4.60. The van der Waals surface area contributed by atoms with Gasteiger partial charge in [-0.25, -0.2) is 0 Å². The zero-order valence-corrected chi connectivity index (χ0v) is 19.5. The number of ketones is 1. The molecule has 170 valence electrons.